The van der Waals surface area contributed by atoms with Gasteiger partial charge in [0.1, 0.15) is 5.82 Å². The van der Waals surface area contributed by atoms with Gasteiger partial charge in [-0.3, -0.25) is 4.72 Å². The molecule has 7 heteroatoms. The lowest BCUT2D eigenvalue weighted by Crippen LogP contribution is -2.32. The SMILES string of the molecule is CN(C)S(=O)(=O)Nc1cc(F)ccc1N1CCCCC1. The van der Waals surface area contributed by atoms with Crippen molar-refractivity contribution >= 4 is 21.6 Å². The molecule has 1 aliphatic rings. The number of piperidine rings is 1. The molecule has 1 heterocycles. The first-order valence-corrected chi connectivity index (χ1v) is 8.09. The Kier molecular flexibility index (Phi) is 4.49. The van der Waals surface area contributed by atoms with Crippen LogP contribution in [0.5, 0.6) is 0 Å². The molecule has 112 valence electrons. The number of anilines is 2. The van der Waals surface area contributed by atoms with Gasteiger partial charge in [-0.25, -0.2) is 4.39 Å². The Morgan fingerprint density at radius 2 is 1.85 bits per heavy atom. The summed E-state index contributed by atoms with van der Waals surface area (Å²) in [5.41, 5.74) is 1.03. The minimum absolute atomic E-state index is 0.292. The fraction of sp³-hybridized carbons (Fsp3) is 0.538. The first-order valence-electron chi connectivity index (χ1n) is 6.65. The van der Waals surface area contributed by atoms with E-state index in [9.17, 15) is 12.8 Å². The molecule has 2 rings (SSSR count). The molecule has 1 saturated heterocycles. The molecule has 0 atom stereocenters. The third-order valence-corrected chi connectivity index (χ3v) is 4.81. The number of rotatable bonds is 4. The topological polar surface area (TPSA) is 52.7 Å². The third-order valence-electron chi connectivity index (χ3n) is 3.38. The van der Waals surface area contributed by atoms with Gasteiger partial charge in [0.05, 0.1) is 11.4 Å². The van der Waals surface area contributed by atoms with E-state index in [1.165, 1.54) is 32.6 Å². The van der Waals surface area contributed by atoms with Crippen molar-refractivity contribution in [1.82, 2.24) is 4.31 Å². The molecule has 5 nitrogen and oxygen atoms in total. The normalized spacial score (nSPS) is 16.5. The van der Waals surface area contributed by atoms with Crippen molar-refractivity contribution in [2.24, 2.45) is 0 Å². The van der Waals surface area contributed by atoms with E-state index < -0.39 is 16.0 Å². The zero-order valence-corrected chi connectivity index (χ0v) is 12.6. The minimum Gasteiger partial charge on any atom is -0.370 e. The van der Waals surface area contributed by atoms with Crippen LogP contribution in [0.2, 0.25) is 0 Å². The summed E-state index contributed by atoms with van der Waals surface area (Å²) < 4.78 is 40.8. The molecular formula is C13H20FN3O2S. The van der Waals surface area contributed by atoms with E-state index in [0.717, 1.165) is 35.9 Å². The van der Waals surface area contributed by atoms with Crippen LogP contribution < -0.4 is 9.62 Å². The lowest BCUT2D eigenvalue weighted by molar-refractivity contribution is 0.526. The van der Waals surface area contributed by atoms with Crippen LogP contribution >= 0.6 is 0 Å². The molecule has 1 fully saturated rings. The molecule has 1 aliphatic heterocycles. The molecule has 1 aromatic carbocycles. The molecule has 0 saturated carbocycles. The minimum atomic E-state index is -3.64. The van der Waals surface area contributed by atoms with Crippen molar-refractivity contribution < 1.29 is 12.8 Å². The van der Waals surface area contributed by atoms with Crippen molar-refractivity contribution in [3.05, 3.63) is 24.0 Å². The van der Waals surface area contributed by atoms with Gasteiger partial charge in [0.25, 0.3) is 0 Å². The first kappa shape index (κ1) is 15.1. The van der Waals surface area contributed by atoms with E-state index in [4.69, 9.17) is 0 Å². The fourth-order valence-electron chi connectivity index (χ4n) is 2.23. The number of benzene rings is 1. The average molecular weight is 301 g/mol. The van der Waals surface area contributed by atoms with Gasteiger partial charge in [-0.15, -0.1) is 0 Å². The number of halogens is 1. The van der Waals surface area contributed by atoms with Gasteiger partial charge in [-0.1, -0.05) is 0 Å². The summed E-state index contributed by atoms with van der Waals surface area (Å²) in [6, 6.07) is 4.22. The summed E-state index contributed by atoms with van der Waals surface area (Å²) in [6.45, 7) is 1.73. The van der Waals surface area contributed by atoms with Crippen LogP contribution in [-0.4, -0.2) is 39.9 Å². The largest absolute Gasteiger partial charge is 0.370 e. The zero-order chi connectivity index (χ0) is 14.8. The van der Waals surface area contributed by atoms with Crippen molar-refractivity contribution in [3.63, 3.8) is 0 Å². The van der Waals surface area contributed by atoms with Crippen LogP contribution in [0.15, 0.2) is 18.2 Å². The summed E-state index contributed by atoms with van der Waals surface area (Å²) in [5.74, 6) is -0.456. The van der Waals surface area contributed by atoms with Crippen LogP contribution in [0.3, 0.4) is 0 Å². The molecule has 0 unspecified atom stereocenters. The van der Waals surface area contributed by atoms with Gasteiger partial charge in [-0.05, 0) is 31.4 Å². The standard InChI is InChI=1S/C13H20FN3O2S/c1-16(2)20(18,19)15-12-10-11(14)6-7-13(12)17-8-4-3-5-9-17/h6-7,10,15H,3-5,8-9H2,1-2H3. The van der Waals surface area contributed by atoms with Gasteiger partial charge >= 0.3 is 10.2 Å². The fourth-order valence-corrected chi connectivity index (χ4v) is 2.85. The monoisotopic (exact) mass is 301 g/mol. The van der Waals surface area contributed by atoms with Crippen LogP contribution in [0, 0.1) is 5.82 Å². The summed E-state index contributed by atoms with van der Waals surface area (Å²) in [4.78, 5) is 2.09. The van der Waals surface area contributed by atoms with E-state index in [1.54, 1.807) is 6.07 Å². The molecule has 0 aliphatic carbocycles. The lowest BCUT2D eigenvalue weighted by Gasteiger charge is -2.30. The number of hydrogen-bond acceptors (Lipinski definition) is 3. The maximum Gasteiger partial charge on any atom is 0.301 e. The van der Waals surface area contributed by atoms with E-state index in [-0.39, 0.29) is 0 Å². The predicted molar refractivity (Wildman–Crippen MR) is 78.7 cm³/mol. The molecule has 0 bridgehead atoms. The molecule has 1 aromatic rings. The van der Waals surface area contributed by atoms with E-state index in [0.29, 0.717) is 5.69 Å². The first-order chi connectivity index (χ1) is 9.40. The van der Waals surface area contributed by atoms with Crippen molar-refractivity contribution in [3.8, 4) is 0 Å². The number of hydrogen-bond donors (Lipinski definition) is 1. The Labute approximate surface area is 119 Å². The van der Waals surface area contributed by atoms with Gasteiger partial charge in [-0.2, -0.15) is 12.7 Å². The van der Waals surface area contributed by atoms with Crippen LogP contribution in [0.25, 0.3) is 0 Å². The van der Waals surface area contributed by atoms with Gasteiger partial charge < -0.3 is 4.90 Å². The molecule has 20 heavy (non-hydrogen) atoms. The van der Waals surface area contributed by atoms with Gasteiger partial charge in [0, 0.05) is 33.3 Å². The highest BCUT2D eigenvalue weighted by Crippen LogP contribution is 2.30. The molecule has 1 N–H and O–H groups in total. The second kappa shape index (κ2) is 5.97. The summed E-state index contributed by atoms with van der Waals surface area (Å²) >= 11 is 0. The van der Waals surface area contributed by atoms with Crippen LogP contribution in [0.1, 0.15) is 19.3 Å². The maximum absolute atomic E-state index is 13.4. The van der Waals surface area contributed by atoms with Crippen LogP contribution in [0.4, 0.5) is 15.8 Å². The Morgan fingerprint density at radius 3 is 2.45 bits per heavy atom. The second-order valence-corrected chi connectivity index (χ2v) is 6.98. The average Bonchev–Trinajstić information content (AvgIpc) is 2.39. The molecule has 0 radical (unpaired) electrons. The predicted octanol–water partition coefficient (Wildman–Crippen LogP) is 2.03. The summed E-state index contributed by atoms with van der Waals surface area (Å²) in [7, 11) is -0.774. The van der Waals surface area contributed by atoms with Crippen molar-refractivity contribution in [2.45, 2.75) is 19.3 Å². The summed E-state index contributed by atoms with van der Waals surface area (Å²) in [5, 5.41) is 0. The van der Waals surface area contributed by atoms with Gasteiger partial charge in [0.15, 0.2) is 0 Å². The zero-order valence-electron chi connectivity index (χ0n) is 11.8. The molecule has 0 amide bonds. The van der Waals surface area contributed by atoms with E-state index in [2.05, 4.69) is 9.62 Å². The highest BCUT2D eigenvalue weighted by molar-refractivity contribution is 7.90. The quantitative estimate of drug-likeness (QED) is 0.926. The van der Waals surface area contributed by atoms with Crippen LogP contribution in [-0.2, 0) is 10.2 Å². The smallest absolute Gasteiger partial charge is 0.301 e. The van der Waals surface area contributed by atoms with Gasteiger partial charge in [0.2, 0.25) is 0 Å². The Balaban J connectivity index is 2.33. The van der Waals surface area contributed by atoms with E-state index >= 15 is 0 Å². The Bertz CT molecular complexity index is 569. The number of nitrogens with zero attached hydrogens (tertiary/aromatic N) is 2. The summed E-state index contributed by atoms with van der Waals surface area (Å²) in [6.07, 6.45) is 3.31. The Hall–Kier alpha value is -1.34. The second-order valence-electron chi connectivity index (χ2n) is 5.10. The van der Waals surface area contributed by atoms with Crippen molar-refractivity contribution in [2.75, 3.05) is 36.8 Å². The lowest BCUT2D eigenvalue weighted by atomic mass is 10.1. The molecular weight excluding hydrogens is 281 g/mol. The third kappa shape index (κ3) is 3.40. The highest BCUT2D eigenvalue weighted by atomic mass is 32.2. The number of nitrogens with one attached hydrogen (secondary N) is 1. The Morgan fingerprint density at radius 1 is 1.20 bits per heavy atom. The molecule has 0 aromatic heterocycles. The maximum atomic E-state index is 13.4. The highest BCUT2D eigenvalue weighted by Gasteiger charge is 2.20. The van der Waals surface area contributed by atoms with Crippen molar-refractivity contribution in [1.29, 1.82) is 0 Å². The van der Waals surface area contributed by atoms with E-state index in [1.807, 2.05) is 0 Å². The molecule has 0 spiro atoms.